The van der Waals surface area contributed by atoms with Gasteiger partial charge >= 0.3 is 0 Å². The number of carbonyl (C=O) groups is 1. The highest BCUT2D eigenvalue weighted by Crippen LogP contribution is 2.29. The lowest BCUT2D eigenvalue weighted by Crippen LogP contribution is -2.40. The average Bonchev–Trinajstić information content (AvgIpc) is 3.09. The van der Waals surface area contributed by atoms with E-state index in [0.29, 0.717) is 6.54 Å². The van der Waals surface area contributed by atoms with Gasteiger partial charge in [0, 0.05) is 35.5 Å². The van der Waals surface area contributed by atoms with Crippen molar-refractivity contribution in [3.8, 4) is 10.4 Å². The summed E-state index contributed by atoms with van der Waals surface area (Å²) >= 11 is 1.57. The molecule has 0 aliphatic carbocycles. The van der Waals surface area contributed by atoms with E-state index < -0.39 is 0 Å². The summed E-state index contributed by atoms with van der Waals surface area (Å²) in [5.41, 5.74) is 0.967. The number of benzene rings is 1. The van der Waals surface area contributed by atoms with Crippen molar-refractivity contribution in [3.63, 3.8) is 0 Å². The van der Waals surface area contributed by atoms with Crippen molar-refractivity contribution in [3.05, 3.63) is 53.2 Å². The van der Waals surface area contributed by atoms with Crippen LogP contribution in [0.5, 0.6) is 0 Å². The summed E-state index contributed by atoms with van der Waals surface area (Å²) in [4.78, 5) is 16.1. The normalized spacial score (nSPS) is 18.2. The number of nitrogens with zero attached hydrogens (tertiary/aromatic N) is 1. The molecule has 0 saturated carbocycles. The molecule has 1 aromatic carbocycles. The molecule has 1 fully saturated rings. The summed E-state index contributed by atoms with van der Waals surface area (Å²) in [6, 6.07) is 10.3. The largest absolute Gasteiger partial charge is 0.396 e. The van der Waals surface area contributed by atoms with Crippen molar-refractivity contribution in [2.24, 2.45) is 5.92 Å². The zero-order valence-electron chi connectivity index (χ0n) is 13.3. The predicted molar refractivity (Wildman–Crippen MR) is 95.1 cm³/mol. The second-order valence-corrected chi connectivity index (χ2v) is 7.13. The van der Waals surface area contributed by atoms with Gasteiger partial charge in [0.2, 0.25) is 5.91 Å². The number of hydrogen-bond acceptors (Lipinski definition) is 3. The first-order chi connectivity index (χ1) is 11.7. The quantitative estimate of drug-likeness (QED) is 0.857. The molecule has 1 aromatic heterocycles. The van der Waals surface area contributed by atoms with E-state index in [9.17, 15) is 14.3 Å². The second kappa shape index (κ2) is 7.73. The molecule has 1 aliphatic rings. The molecule has 126 valence electrons. The molecule has 1 N–H and O–H groups in total. The van der Waals surface area contributed by atoms with E-state index in [0.717, 1.165) is 34.7 Å². The maximum absolute atomic E-state index is 13.0. The Hall–Kier alpha value is -1.98. The molecule has 2 heterocycles. The number of rotatable bonds is 4. The van der Waals surface area contributed by atoms with E-state index in [1.54, 1.807) is 34.4 Å². The van der Waals surface area contributed by atoms with Crippen molar-refractivity contribution in [1.29, 1.82) is 0 Å². The summed E-state index contributed by atoms with van der Waals surface area (Å²) in [6.07, 6.45) is 5.34. The van der Waals surface area contributed by atoms with Crippen molar-refractivity contribution in [2.75, 3.05) is 19.7 Å². The Kier molecular flexibility index (Phi) is 5.43. The maximum Gasteiger partial charge on any atom is 0.246 e. The number of aliphatic hydroxyl groups excluding tert-OH is 1. The first-order valence-electron chi connectivity index (χ1n) is 8.09. The highest BCUT2D eigenvalue weighted by molar-refractivity contribution is 7.16. The fraction of sp³-hybridized carbons (Fsp3) is 0.316. The molecule has 3 rings (SSSR count). The lowest BCUT2D eigenvalue weighted by molar-refractivity contribution is -0.127. The molecule has 0 bridgehead atoms. The van der Waals surface area contributed by atoms with Gasteiger partial charge in [0.25, 0.3) is 0 Å². The molecule has 0 spiro atoms. The van der Waals surface area contributed by atoms with Crippen molar-refractivity contribution in [2.45, 2.75) is 12.8 Å². The van der Waals surface area contributed by atoms with E-state index in [-0.39, 0.29) is 24.2 Å². The minimum atomic E-state index is -0.247. The Labute approximate surface area is 145 Å². The van der Waals surface area contributed by atoms with Crippen LogP contribution in [0.4, 0.5) is 4.39 Å². The maximum atomic E-state index is 13.0. The van der Waals surface area contributed by atoms with E-state index >= 15 is 0 Å². The molecule has 1 amide bonds. The molecule has 1 saturated heterocycles. The van der Waals surface area contributed by atoms with Gasteiger partial charge in [0.1, 0.15) is 5.82 Å². The van der Waals surface area contributed by atoms with Crippen LogP contribution >= 0.6 is 11.3 Å². The Bertz CT molecular complexity index is 723. The van der Waals surface area contributed by atoms with Gasteiger partial charge in [-0.05, 0) is 54.7 Å². The fourth-order valence-corrected chi connectivity index (χ4v) is 3.80. The summed E-state index contributed by atoms with van der Waals surface area (Å²) in [5.74, 6) is -0.0588. The molecule has 1 aliphatic heterocycles. The van der Waals surface area contributed by atoms with Crippen LogP contribution in [0, 0.1) is 11.7 Å². The molecular weight excluding hydrogens is 325 g/mol. The Morgan fingerprint density at radius 3 is 2.83 bits per heavy atom. The van der Waals surface area contributed by atoms with Gasteiger partial charge in [-0.25, -0.2) is 4.39 Å². The van der Waals surface area contributed by atoms with Crippen LogP contribution in [0.15, 0.2) is 42.5 Å². The third-order valence-corrected chi connectivity index (χ3v) is 5.33. The Balaban J connectivity index is 1.64. The predicted octanol–water partition coefficient (Wildman–Crippen LogP) is 3.80. The fourth-order valence-electron chi connectivity index (χ4n) is 2.88. The SMILES string of the molecule is O=C(/C=C/c1ccc(-c2ccc(F)cc2)s1)N1CCCC(CO)C1. The molecular formula is C19H20FNO2S. The van der Waals surface area contributed by atoms with Crippen molar-refractivity contribution in [1.82, 2.24) is 4.90 Å². The minimum Gasteiger partial charge on any atom is -0.396 e. The molecule has 1 atom stereocenters. The molecule has 3 nitrogen and oxygen atoms in total. The van der Waals surface area contributed by atoms with Crippen molar-refractivity contribution < 1.29 is 14.3 Å². The van der Waals surface area contributed by atoms with E-state index in [2.05, 4.69) is 0 Å². The third-order valence-electron chi connectivity index (χ3n) is 4.23. The zero-order chi connectivity index (χ0) is 16.9. The standard InChI is InChI=1S/C19H20FNO2S/c20-16-5-3-15(4-6-16)18-9-7-17(24-18)8-10-19(23)21-11-1-2-14(12-21)13-22/h3-10,14,22H,1-2,11-13H2/b10-8+. The molecule has 1 unspecified atom stereocenters. The number of aliphatic hydroxyl groups is 1. The Morgan fingerprint density at radius 2 is 2.08 bits per heavy atom. The number of thiophene rings is 1. The zero-order valence-corrected chi connectivity index (χ0v) is 14.1. The van der Waals surface area contributed by atoms with Gasteiger partial charge in [0.15, 0.2) is 0 Å². The van der Waals surface area contributed by atoms with Gasteiger partial charge in [-0.1, -0.05) is 12.1 Å². The lowest BCUT2D eigenvalue weighted by Gasteiger charge is -2.31. The number of likely N-dealkylation sites (tertiary alicyclic amines) is 1. The van der Waals surface area contributed by atoms with Crippen LogP contribution in [0.25, 0.3) is 16.5 Å². The number of carbonyl (C=O) groups excluding carboxylic acids is 1. The highest BCUT2D eigenvalue weighted by Gasteiger charge is 2.21. The van der Waals surface area contributed by atoms with Crippen LogP contribution in [0.3, 0.4) is 0 Å². The van der Waals surface area contributed by atoms with Gasteiger partial charge < -0.3 is 10.0 Å². The first kappa shape index (κ1) is 16.9. The number of halogens is 1. The van der Waals surface area contributed by atoms with Crippen molar-refractivity contribution >= 4 is 23.3 Å². The van der Waals surface area contributed by atoms with Crippen LogP contribution in [0.1, 0.15) is 17.7 Å². The topological polar surface area (TPSA) is 40.5 Å². The first-order valence-corrected chi connectivity index (χ1v) is 8.91. The monoisotopic (exact) mass is 345 g/mol. The summed E-state index contributed by atoms with van der Waals surface area (Å²) in [5, 5.41) is 9.25. The second-order valence-electron chi connectivity index (χ2n) is 6.02. The molecule has 5 heteroatoms. The van der Waals surface area contributed by atoms with Gasteiger partial charge in [-0.3, -0.25) is 4.79 Å². The lowest BCUT2D eigenvalue weighted by atomic mass is 9.99. The van der Waals surface area contributed by atoms with E-state index in [1.807, 2.05) is 18.2 Å². The van der Waals surface area contributed by atoms with E-state index in [1.165, 1.54) is 12.1 Å². The number of hydrogen-bond donors (Lipinski definition) is 1. The van der Waals surface area contributed by atoms with Crippen LogP contribution in [0.2, 0.25) is 0 Å². The van der Waals surface area contributed by atoms with Crippen LogP contribution in [-0.2, 0) is 4.79 Å². The number of amides is 1. The molecule has 0 radical (unpaired) electrons. The van der Waals surface area contributed by atoms with Crippen LogP contribution < -0.4 is 0 Å². The highest BCUT2D eigenvalue weighted by atomic mass is 32.1. The molecule has 24 heavy (non-hydrogen) atoms. The third kappa shape index (κ3) is 4.10. The van der Waals surface area contributed by atoms with E-state index in [4.69, 9.17) is 0 Å². The smallest absolute Gasteiger partial charge is 0.246 e. The van der Waals surface area contributed by atoms with Gasteiger partial charge in [-0.15, -0.1) is 11.3 Å². The van der Waals surface area contributed by atoms with Gasteiger partial charge in [0.05, 0.1) is 0 Å². The summed E-state index contributed by atoms with van der Waals surface area (Å²) in [7, 11) is 0. The molecule has 2 aromatic rings. The minimum absolute atomic E-state index is 0.00937. The summed E-state index contributed by atoms with van der Waals surface area (Å²) in [6.45, 7) is 1.52. The Morgan fingerprint density at radius 1 is 1.29 bits per heavy atom. The van der Waals surface area contributed by atoms with Gasteiger partial charge in [-0.2, -0.15) is 0 Å². The number of piperidine rings is 1. The average molecular weight is 345 g/mol. The van der Waals surface area contributed by atoms with Crippen LogP contribution in [-0.4, -0.2) is 35.6 Å². The summed E-state index contributed by atoms with van der Waals surface area (Å²) < 4.78 is 13.0.